The molecule has 134 valence electrons. The zero-order valence-electron chi connectivity index (χ0n) is 13.8. The fraction of sp³-hybridized carbons (Fsp3) is 0.167. The van der Waals surface area contributed by atoms with Gasteiger partial charge in [0.15, 0.2) is 6.10 Å². The van der Waals surface area contributed by atoms with Gasteiger partial charge in [-0.05, 0) is 37.3 Å². The Morgan fingerprint density at radius 3 is 2.88 bits per heavy atom. The van der Waals surface area contributed by atoms with Crippen molar-refractivity contribution in [3.8, 4) is 17.1 Å². The summed E-state index contributed by atoms with van der Waals surface area (Å²) in [4.78, 5) is 16.4. The van der Waals surface area contributed by atoms with Gasteiger partial charge in [0, 0.05) is 15.1 Å². The predicted molar refractivity (Wildman–Crippen MR) is 101 cm³/mol. The van der Waals surface area contributed by atoms with Gasteiger partial charge in [-0.2, -0.15) is 4.98 Å². The van der Waals surface area contributed by atoms with Crippen molar-refractivity contribution in [1.29, 1.82) is 0 Å². The highest BCUT2D eigenvalue weighted by Crippen LogP contribution is 2.20. The first-order chi connectivity index (χ1) is 12.5. The highest BCUT2D eigenvalue weighted by atomic mass is 79.9. The number of carbonyl (C=O) groups excluding carboxylic acids is 1. The number of ether oxygens (including phenoxy) is 1. The predicted octanol–water partition coefficient (Wildman–Crippen LogP) is 4.24. The average Bonchev–Trinajstić information content (AvgIpc) is 3.08. The van der Waals surface area contributed by atoms with Gasteiger partial charge in [-0.15, -0.1) is 0 Å². The Hall–Kier alpha value is -2.38. The molecule has 1 heterocycles. The molecule has 0 fully saturated rings. The van der Waals surface area contributed by atoms with Crippen LogP contribution < -0.4 is 10.1 Å². The Morgan fingerprint density at radius 1 is 1.31 bits per heavy atom. The molecule has 2 aromatic carbocycles. The Balaban J connectivity index is 1.56. The Kier molecular flexibility index (Phi) is 5.90. The first kappa shape index (κ1) is 18.4. The van der Waals surface area contributed by atoms with Gasteiger partial charge in [0.05, 0.1) is 6.54 Å². The molecule has 0 saturated heterocycles. The van der Waals surface area contributed by atoms with Gasteiger partial charge in [0.2, 0.25) is 11.7 Å². The summed E-state index contributed by atoms with van der Waals surface area (Å²) in [6.07, 6.45) is -0.694. The van der Waals surface area contributed by atoms with Crippen LogP contribution in [-0.2, 0) is 11.3 Å². The van der Waals surface area contributed by atoms with Crippen LogP contribution in [0.4, 0.5) is 0 Å². The topological polar surface area (TPSA) is 77.2 Å². The number of aromatic nitrogens is 2. The van der Waals surface area contributed by atoms with Gasteiger partial charge in [0.25, 0.3) is 5.91 Å². The summed E-state index contributed by atoms with van der Waals surface area (Å²) in [5, 5.41) is 7.17. The second-order valence-electron chi connectivity index (χ2n) is 5.46. The highest BCUT2D eigenvalue weighted by Gasteiger charge is 2.16. The van der Waals surface area contributed by atoms with Crippen LogP contribution in [0.25, 0.3) is 11.4 Å². The fourth-order valence-corrected chi connectivity index (χ4v) is 2.76. The van der Waals surface area contributed by atoms with Crippen LogP contribution in [0.15, 0.2) is 57.5 Å². The lowest BCUT2D eigenvalue weighted by Gasteiger charge is -2.14. The van der Waals surface area contributed by atoms with Crippen molar-refractivity contribution >= 4 is 33.4 Å². The van der Waals surface area contributed by atoms with Crippen molar-refractivity contribution in [1.82, 2.24) is 15.5 Å². The lowest BCUT2D eigenvalue weighted by atomic mass is 10.2. The molecule has 1 aromatic heterocycles. The lowest BCUT2D eigenvalue weighted by Crippen LogP contribution is -2.35. The second-order valence-corrected chi connectivity index (χ2v) is 6.81. The van der Waals surface area contributed by atoms with Gasteiger partial charge >= 0.3 is 0 Å². The molecule has 26 heavy (non-hydrogen) atoms. The quantitative estimate of drug-likeness (QED) is 0.625. The number of amides is 1. The normalized spacial score (nSPS) is 11.8. The molecule has 3 aromatic rings. The first-order valence-corrected chi connectivity index (χ1v) is 8.97. The van der Waals surface area contributed by atoms with E-state index in [0.29, 0.717) is 22.5 Å². The van der Waals surface area contributed by atoms with E-state index in [1.165, 1.54) is 0 Å². The van der Waals surface area contributed by atoms with E-state index in [-0.39, 0.29) is 12.5 Å². The Bertz CT molecular complexity index is 916. The SMILES string of the molecule is C[C@H](Oc1cccc(Cl)c1)C(=O)NCc1nc(-c2cccc(Br)c2)no1. The minimum absolute atomic E-state index is 0.114. The van der Waals surface area contributed by atoms with Crippen molar-refractivity contribution in [3.05, 3.63) is 63.9 Å². The zero-order valence-corrected chi connectivity index (χ0v) is 16.1. The maximum Gasteiger partial charge on any atom is 0.261 e. The molecule has 0 unspecified atom stereocenters. The minimum Gasteiger partial charge on any atom is -0.481 e. The van der Waals surface area contributed by atoms with Gasteiger partial charge < -0.3 is 14.6 Å². The third-order valence-electron chi connectivity index (χ3n) is 3.44. The molecule has 8 heteroatoms. The molecule has 1 N–H and O–H groups in total. The van der Waals surface area contributed by atoms with E-state index in [9.17, 15) is 4.79 Å². The standard InChI is InChI=1S/C18H15BrClN3O3/c1-11(25-15-7-3-6-14(20)9-15)18(24)21-10-16-22-17(23-26-16)12-4-2-5-13(19)8-12/h2-9,11H,10H2,1H3,(H,21,24)/t11-/m0/s1. The molecular weight excluding hydrogens is 422 g/mol. The summed E-state index contributed by atoms with van der Waals surface area (Å²) >= 11 is 9.30. The van der Waals surface area contributed by atoms with E-state index < -0.39 is 6.10 Å². The van der Waals surface area contributed by atoms with Crippen LogP contribution in [0.3, 0.4) is 0 Å². The van der Waals surface area contributed by atoms with E-state index >= 15 is 0 Å². The van der Waals surface area contributed by atoms with Crippen LogP contribution in [0.1, 0.15) is 12.8 Å². The minimum atomic E-state index is -0.694. The van der Waals surface area contributed by atoms with E-state index in [1.54, 1.807) is 31.2 Å². The summed E-state index contributed by atoms with van der Waals surface area (Å²) < 4.78 is 11.7. The molecule has 0 spiro atoms. The number of carbonyl (C=O) groups is 1. The molecule has 0 bridgehead atoms. The summed E-state index contributed by atoms with van der Waals surface area (Å²) in [6.45, 7) is 1.76. The van der Waals surface area contributed by atoms with Crippen LogP contribution >= 0.6 is 27.5 Å². The Labute approximate surface area is 163 Å². The number of rotatable bonds is 6. The monoisotopic (exact) mass is 435 g/mol. The van der Waals surface area contributed by atoms with E-state index in [2.05, 4.69) is 31.4 Å². The van der Waals surface area contributed by atoms with E-state index in [0.717, 1.165) is 10.0 Å². The van der Waals surface area contributed by atoms with E-state index in [4.69, 9.17) is 20.9 Å². The maximum absolute atomic E-state index is 12.2. The number of benzene rings is 2. The molecular formula is C18H15BrClN3O3. The van der Waals surface area contributed by atoms with Crippen LogP contribution in [0.5, 0.6) is 5.75 Å². The van der Waals surface area contributed by atoms with Gasteiger partial charge in [0.1, 0.15) is 5.75 Å². The van der Waals surface area contributed by atoms with Crippen LogP contribution in [-0.4, -0.2) is 22.2 Å². The number of hydrogen-bond donors (Lipinski definition) is 1. The third-order valence-corrected chi connectivity index (χ3v) is 4.17. The summed E-state index contributed by atoms with van der Waals surface area (Å²) in [6, 6.07) is 14.4. The first-order valence-electron chi connectivity index (χ1n) is 7.80. The maximum atomic E-state index is 12.2. The van der Waals surface area contributed by atoms with Crippen molar-refractivity contribution in [2.45, 2.75) is 19.6 Å². The number of hydrogen-bond acceptors (Lipinski definition) is 5. The molecule has 0 aliphatic heterocycles. The molecule has 0 aliphatic rings. The van der Waals surface area contributed by atoms with Crippen molar-refractivity contribution < 1.29 is 14.1 Å². The van der Waals surface area contributed by atoms with Gasteiger partial charge in [-0.3, -0.25) is 4.79 Å². The average molecular weight is 437 g/mol. The number of nitrogens with zero attached hydrogens (tertiary/aromatic N) is 2. The molecule has 6 nitrogen and oxygen atoms in total. The fourth-order valence-electron chi connectivity index (χ4n) is 2.18. The molecule has 3 rings (SSSR count). The highest BCUT2D eigenvalue weighted by molar-refractivity contribution is 9.10. The Morgan fingerprint density at radius 2 is 2.12 bits per heavy atom. The summed E-state index contributed by atoms with van der Waals surface area (Å²) in [7, 11) is 0. The summed E-state index contributed by atoms with van der Waals surface area (Å²) in [5.41, 5.74) is 0.818. The largest absolute Gasteiger partial charge is 0.481 e. The zero-order chi connectivity index (χ0) is 18.5. The molecule has 0 radical (unpaired) electrons. The summed E-state index contributed by atoms with van der Waals surface area (Å²) in [5.74, 6) is 0.990. The van der Waals surface area contributed by atoms with Gasteiger partial charge in [-0.1, -0.05) is 50.9 Å². The van der Waals surface area contributed by atoms with Crippen LogP contribution in [0.2, 0.25) is 5.02 Å². The molecule has 0 aliphatic carbocycles. The molecule has 0 saturated carbocycles. The second kappa shape index (κ2) is 8.33. The number of halogens is 2. The smallest absolute Gasteiger partial charge is 0.261 e. The van der Waals surface area contributed by atoms with Crippen molar-refractivity contribution in [3.63, 3.8) is 0 Å². The molecule has 1 amide bonds. The molecule has 1 atom stereocenters. The van der Waals surface area contributed by atoms with Crippen molar-refractivity contribution in [2.24, 2.45) is 0 Å². The number of nitrogens with one attached hydrogen (secondary N) is 1. The third kappa shape index (κ3) is 4.83. The lowest BCUT2D eigenvalue weighted by molar-refractivity contribution is -0.127. The van der Waals surface area contributed by atoms with Crippen molar-refractivity contribution in [2.75, 3.05) is 0 Å². The van der Waals surface area contributed by atoms with Crippen LogP contribution in [0, 0.1) is 0 Å². The van der Waals surface area contributed by atoms with E-state index in [1.807, 2.05) is 24.3 Å². The van der Waals surface area contributed by atoms with Gasteiger partial charge in [-0.25, -0.2) is 0 Å².